The molecule has 3 atom stereocenters. The second-order valence-corrected chi connectivity index (χ2v) is 11.8. The Balaban J connectivity index is 1.93. The van der Waals surface area contributed by atoms with E-state index < -0.39 is 10.1 Å². The smallest absolute Gasteiger partial charge is 0.282 e. The fraction of sp³-hybridized carbons (Fsp3) is 0.920. The van der Waals surface area contributed by atoms with Crippen molar-refractivity contribution in [1.82, 2.24) is 0 Å². The van der Waals surface area contributed by atoms with Gasteiger partial charge in [0.1, 0.15) is 0 Å². The maximum atomic E-state index is 12.7. The van der Waals surface area contributed by atoms with E-state index in [0.29, 0.717) is 22.7 Å². The van der Waals surface area contributed by atoms with Crippen LogP contribution in [0.15, 0.2) is 10.5 Å². The van der Waals surface area contributed by atoms with E-state index in [4.69, 9.17) is 0 Å². The lowest BCUT2D eigenvalue weighted by atomic mass is 9.65. The first-order valence-electron chi connectivity index (χ1n) is 12.6. The summed E-state index contributed by atoms with van der Waals surface area (Å²) in [5.41, 5.74) is 1.15. The molecule has 0 radical (unpaired) electrons. The van der Waals surface area contributed by atoms with Crippen LogP contribution in [0.2, 0.25) is 0 Å². The summed E-state index contributed by atoms with van der Waals surface area (Å²) < 4.78 is 35.7. The van der Waals surface area contributed by atoms with Crippen molar-refractivity contribution < 1.29 is 13.0 Å². The van der Waals surface area contributed by atoms with Crippen LogP contribution in [-0.4, -0.2) is 13.0 Å². The second kappa shape index (κ2) is 10.8. The molecule has 3 nitrogen and oxygen atoms in total. The Bertz CT molecular complexity index is 639. The zero-order valence-corrected chi connectivity index (χ0v) is 19.7. The molecule has 29 heavy (non-hydrogen) atoms. The van der Waals surface area contributed by atoms with Crippen molar-refractivity contribution >= 4 is 10.1 Å². The van der Waals surface area contributed by atoms with Crippen molar-refractivity contribution in [2.75, 3.05) is 0 Å². The number of hydrogen-bond acceptors (Lipinski definition) is 2. The Hall–Kier alpha value is -0.350. The summed E-state index contributed by atoms with van der Waals surface area (Å²) >= 11 is 0. The number of allylic oxidation sites excluding steroid dienone is 2. The molecule has 0 aromatic carbocycles. The van der Waals surface area contributed by atoms with E-state index in [0.717, 1.165) is 43.6 Å². The lowest BCUT2D eigenvalue weighted by Crippen LogP contribution is -2.34. The Labute approximate surface area is 179 Å². The van der Waals surface area contributed by atoms with Gasteiger partial charge < -0.3 is 0 Å². The first kappa shape index (κ1) is 23.3. The summed E-state index contributed by atoms with van der Waals surface area (Å²) in [7, 11) is -4.12. The third-order valence-electron chi connectivity index (χ3n) is 8.33. The maximum Gasteiger partial charge on any atom is 0.290 e. The molecule has 2 saturated carbocycles. The average Bonchev–Trinajstić information content (AvgIpc) is 2.73. The summed E-state index contributed by atoms with van der Waals surface area (Å²) in [6.07, 6.45) is 19.1. The molecule has 0 heterocycles. The molecule has 3 aliphatic carbocycles. The van der Waals surface area contributed by atoms with Crippen molar-refractivity contribution in [3.05, 3.63) is 10.5 Å². The molecule has 168 valence electrons. The molecule has 0 aliphatic heterocycles. The third-order valence-corrected chi connectivity index (χ3v) is 9.46. The first-order valence-corrected chi connectivity index (χ1v) is 14.1. The van der Waals surface area contributed by atoms with Gasteiger partial charge >= 0.3 is 0 Å². The maximum absolute atomic E-state index is 12.7. The molecule has 0 aromatic heterocycles. The normalized spacial score (nSPS) is 29.2. The van der Waals surface area contributed by atoms with Crippen LogP contribution in [0.5, 0.6) is 0 Å². The molecule has 3 rings (SSSR count). The molecular weight excluding hydrogens is 380 g/mol. The standard InChI is InChI=1S/C25H44O3S/c1-3-4-7-12-19(2)23-17-22(20-13-8-5-9-14-20)18-24(25(23)29(26,27)28)21-15-10-6-11-16-21/h19-23H,3-18H2,1-2H3,(H,26,27,28). The summed E-state index contributed by atoms with van der Waals surface area (Å²) in [5.74, 6) is 2.13. The lowest BCUT2D eigenvalue weighted by Gasteiger charge is -2.42. The van der Waals surface area contributed by atoms with Crippen LogP contribution in [0.3, 0.4) is 0 Å². The molecule has 1 N–H and O–H groups in total. The average molecular weight is 425 g/mol. The fourth-order valence-electron chi connectivity index (χ4n) is 6.69. The summed E-state index contributed by atoms with van der Waals surface area (Å²) in [5, 5.41) is 0. The van der Waals surface area contributed by atoms with Crippen molar-refractivity contribution in [2.45, 2.75) is 117 Å². The molecule has 3 aliphatic rings. The lowest BCUT2D eigenvalue weighted by molar-refractivity contribution is 0.175. The molecule has 0 aromatic rings. The van der Waals surface area contributed by atoms with Gasteiger partial charge in [-0.2, -0.15) is 8.42 Å². The van der Waals surface area contributed by atoms with Crippen LogP contribution in [0.25, 0.3) is 0 Å². The molecule has 2 fully saturated rings. The van der Waals surface area contributed by atoms with Gasteiger partial charge in [0, 0.05) is 5.92 Å². The van der Waals surface area contributed by atoms with Crippen LogP contribution in [0, 0.1) is 29.6 Å². The van der Waals surface area contributed by atoms with Crippen LogP contribution < -0.4 is 0 Å². The van der Waals surface area contributed by atoms with E-state index in [1.807, 2.05) is 0 Å². The van der Waals surface area contributed by atoms with Gasteiger partial charge in [-0.3, -0.25) is 4.55 Å². The second-order valence-electron chi connectivity index (χ2n) is 10.4. The predicted octanol–water partition coefficient (Wildman–Crippen LogP) is 7.53. The van der Waals surface area contributed by atoms with Gasteiger partial charge in [-0.15, -0.1) is 0 Å². The van der Waals surface area contributed by atoms with Crippen LogP contribution >= 0.6 is 0 Å². The van der Waals surface area contributed by atoms with E-state index in [1.165, 1.54) is 70.6 Å². The molecule has 0 saturated heterocycles. The minimum absolute atomic E-state index is 0.0273. The Kier molecular flexibility index (Phi) is 8.68. The van der Waals surface area contributed by atoms with E-state index in [2.05, 4.69) is 13.8 Å². The van der Waals surface area contributed by atoms with Gasteiger partial charge in [-0.25, -0.2) is 0 Å². The van der Waals surface area contributed by atoms with Crippen molar-refractivity contribution in [3.8, 4) is 0 Å². The van der Waals surface area contributed by atoms with E-state index in [-0.39, 0.29) is 5.92 Å². The van der Waals surface area contributed by atoms with Gasteiger partial charge in [-0.1, -0.05) is 90.9 Å². The molecular formula is C25H44O3S. The van der Waals surface area contributed by atoms with Gasteiger partial charge in [0.2, 0.25) is 0 Å². The first-order chi connectivity index (χ1) is 13.9. The van der Waals surface area contributed by atoms with E-state index >= 15 is 0 Å². The highest BCUT2D eigenvalue weighted by atomic mass is 32.2. The quantitative estimate of drug-likeness (QED) is 0.323. The minimum Gasteiger partial charge on any atom is -0.282 e. The number of unbranched alkanes of at least 4 members (excludes halogenated alkanes) is 2. The molecule has 4 heteroatoms. The van der Waals surface area contributed by atoms with Crippen LogP contribution in [-0.2, 0) is 10.1 Å². The highest BCUT2D eigenvalue weighted by Gasteiger charge is 2.42. The predicted molar refractivity (Wildman–Crippen MR) is 121 cm³/mol. The molecule has 0 amide bonds. The third kappa shape index (κ3) is 6.09. The Morgan fingerprint density at radius 2 is 1.55 bits per heavy atom. The SMILES string of the molecule is CCCCCC(C)C1CC(C2CCCCC2)CC(C2CCCCC2)=C1S(=O)(=O)O. The number of rotatable bonds is 8. The summed E-state index contributed by atoms with van der Waals surface area (Å²) in [6.45, 7) is 4.46. The summed E-state index contributed by atoms with van der Waals surface area (Å²) in [4.78, 5) is 0.473. The van der Waals surface area contributed by atoms with Crippen LogP contribution in [0.1, 0.15) is 117 Å². The molecule has 0 spiro atoms. The Morgan fingerprint density at radius 3 is 2.14 bits per heavy atom. The van der Waals surface area contributed by atoms with Gasteiger partial charge in [0.25, 0.3) is 10.1 Å². The van der Waals surface area contributed by atoms with E-state index in [1.54, 1.807) is 0 Å². The Morgan fingerprint density at radius 1 is 0.931 bits per heavy atom. The van der Waals surface area contributed by atoms with E-state index in [9.17, 15) is 13.0 Å². The van der Waals surface area contributed by atoms with Gasteiger partial charge in [0.05, 0.1) is 4.91 Å². The highest BCUT2D eigenvalue weighted by molar-refractivity contribution is 7.89. The topological polar surface area (TPSA) is 54.4 Å². The van der Waals surface area contributed by atoms with Gasteiger partial charge in [0.15, 0.2) is 0 Å². The zero-order valence-electron chi connectivity index (χ0n) is 18.9. The molecule has 3 unspecified atom stereocenters. The minimum atomic E-state index is -4.12. The fourth-order valence-corrected chi connectivity index (χ4v) is 7.98. The molecule has 0 bridgehead atoms. The van der Waals surface area contributed by atoms with Crippen molar-refractivity contribution in [2.24, 2.45) is 29.6 Å². The van der Waals surface area contributed by atoms with Crippen LogP contribution in [0.4, 0.5) is 0 Å². The van der Waals surface area contributed by atoms with Crippen molar-refractivity contribution in [1.29, 1.82) is 0 Å². The summed E-state index contributed by atoms with van der Waals surface area (Å²) in [6, 6.07) is 0. The monoisotopic (exact) mass is 424 g/mol. The largest absolute Gasteiger partial charge is 0.290 e. The number of hydrogen-bond donors (Lipinski definition) is 1. The zero-order chi connectivity index (χ0) is 20.9. The van der Waals surface area contributed by atoms with Crippen molar-refractivity contribution in [3.63, 3.8) is 0 Å². The highest BCUT2D eigenvalue weighted by Crippen LogP contribution is 2.50. The van der Waals surface area contributed by atoms with Gasteiger partial charge in [-0.05, 0) is 54.9 Å².